The first kappa shape index (κ1) is 21.5. The van der Waals surface area contributed by atoms with Crippen molar-refractivity contribution in [2.75, 3.05) is 32.8 Å². The van der Waals surface area contributed by atoms with E-state index in [0.717, 1.165) is 57.6 Å². The summed E-state index contributed by atoms with van der Waals surface area (Å²) in [6.45, 7) is 4.90. The van der Waals surface area contributed by atoms with Crippen molar-refractivity contribution in [1.29, 1.82) is 0 Å². The van der Waals surface area contributed by atoms with Gasteiger partial charge in [-0.05, 0) is 69.1 Å². The summed E-state index contributed by atoms with van der Waals surface area (Å²) >= 11 is 0. The number of nitrogens with zero attached hydrogens (tertiary/aromatic N) is 4. The molecule has 33 heavy (non-hydrogen) atoms. The molecule has 1 aromatic rings. The summed E-state index contributed by atoms with van der Waals surface area (Å²) in [6, 6.07) is 6.48. The molecule has 3 heterocycles. The van der Waals surface area contributed by atoms with E-state index >= 15 is 0 Å². The second-order valence-corrected chi connectivity index (χ2v) is 10.2. The number of morpholine rings is 1. The van der Waals surface area contributed by atoms with Crippen LogP contribution < -0.4 is 5.32 Å². The van der Waals surface area contributed by atoms with Crippen molar-refractivity contribution in [1.82, 2.24) is 20.1 Å². The molecule has 6 nitrogen and oxygen atoms in total. The van der Waals surface area contributed by atoms with Crippen LogP contribution in [0, 0.1) is 0 Å². The molecule has 6 heteroatoms. The second-order valence-electron chi connectivity index (χ2n) is 10.2. The molecule has 1 saturated carbocycles. The molecule has 0 radical (unpaired) electrons. The Bertz CT molecular complexity index is 926. The summed E-state index contributed by atoms with van der Waals surface area (Å²) in [5, 5.41) is 3.73. The van der Waals surface area contributed by atoms with Gasteiger partial charge >= 0.3 is 0 Å². The molecule has 1 N–H and O–H groups in total. The molecular formula is C27H37N5O. The van der Waals surface area contributed by atoms with Crippen molar-refractivity contribution in [3.05, 3.63) is 53.5 Å². The number of nitrogens with one attached hydrogen (secondary N) is 1. The van der Waals surface area contributed by atoms with E-state index in [4.69, 9.17) is 14.7 Å². The molecule has 6 rings (SSSR count). The number of fused-ring (bicyclic) bond motifs is 2. The number of aryl methyl sites for hydroxylation is 1. The molecule has 3 aliphatic carbocycles. The van der Waals surface area contributed by atoms with Gasteiger partial charge in [0, 0.05) is 31.4 Å². The van der Waals surface area contributed by atoms with E-state index in [1.54, 1.807) is 0 Å². The standard InChI is InChI=1S/C27H37N5O/c1-2-8-24-23(7-1)29-26(30-24)19-32(25-9-3-5-20-6-4-14-28-27(20)25)22-12-10-21(11-13-22)31-15-17-33-18-16-31/h1-2,4,6-7,14,21-22,24-25H,3,5,8-13,15-19H2,(H,29,30). The molecular weight excluding hydrogens is 410 g/mol. The van der Waals surface area contributed by atoms with Crippen molar-refractivity contribution in [3.8, 4) is 0 Å². The molecule has 2 atom stereocenters. The predicted octanol–water partition coefficient (Wildman–Crippen LogP) is 3.62. The van der Waals surface area contributed by atoms with Gasteiger partial charge in [-0.25, -0.2) is 4.99 Å². The zero-order chi connectivity index (χ0) is 22.0. The zero-order valence-corrected chi connectivity index (χ0v) is 19.7. The fraction of sp³-hybridized carbons (Fsp3) is 0.630. The Morgan fingerprint density at radius 1 is 1.12 bits per heavy atom. The summed E-state index contributed by atoms with van der Waals surface area (Å²) < 4.78 is 5.59. The molecule has 2 aliphatic heterocycles. The fourth-order valence-electron chi connectivity index (χ4n) is 6.61. The summed E-state index contributed by atoms with van der Waals surface area (Å²) in [5.41, 5.74) is 3.96. The highest BCUT2D eigenvalue weighted by Gasteiger charge is 2.37. The molecule has 5 aliphatic rings. The highest BCUT2D eigenvalue weighted by molar-refractivity contribution is 5.88. The summed E-state index contributed by atoms with van der Waals surface area (Å²) in [6.07, 6.45) is 18.3. The Balaban J connectivity index is 1.22. The van der Waals surface area contributed by atoms with Crippen molar-refractivity contribution < 1.29 is 4.74 Å². The maximum Gasteiger partial charge on any atom is 0.117 e. The third-order valence-corrected chi connectivity index (χ3v) is 8.33. The van der Waals surface area contributed by atoms with Crippen LogP contribution in [0.3, 0.4) is 0 Å². The lowest BCUT2D eigenvalue weighted by Gasteiger charge is -2.45. The van der Waals surface area contributed by atoms with E-state index < -0.39 is 0 Å². The van der Waals surface area contributed by atoms with Gasteiger partial charge in [-0.15, -0.1) is 0 Å². The molecule has 0 aromatic carbocycles. The molecule has 1 saturated heterocycles. The lowest BCUT2D eigenvalue weighted by Crippen LogP contribution is -2.50. The Morgan fingerprint density at radius 2 is 2.00 bits per heavy atom. The average molecular weight is 448 g/mol. The highest BCUT2D eigenvalue weighted by atomic mass is 16.5. The van der Waals surface area contributed by atoms with Crippen LogP contribution in [0.1, 0.15) is 62.2 Å². The minimum Gasteiger partial charge on any atom is -0.379 e. The van der Waals surface area contributed by atoms with E-state index in [0.29, 0.717) is 18.1 Å². The Kier molecular flexibility index (Phi) is 6.31. The van der Waals surface area contributed by atoms with Gasteiger partial charge in [0.15, 0.2) is 0 Å². The maximum absolute atomic E-state index is 5.59. The topological polar surface area (TPSA) is 53.0 Å². The van der Waals surface area contributed by atoms with E-state index in [1.807, 2.05) is 6.20 Å². The van der Waals surface area contributed by atoms with Crippen molar-refractivity contribution >= 4 is 5.84 Å². The largest absolute Gasteiger partial charge is 0.379 e. The minimum atomic E-state index is 0.362. The smallest absolute Gasteiger partial charge is 0.117 e. The van der Waals surface area contributed by atoms with Gasteiger partial charge < -0.3 is 10.1 Å². The molecule has 1 aromatic heterocycles. The first-order chi connectivity index (χ1) is 16.3. The number of allylic oxidation sites excluding steroid dienone is 2. The van der Waals surface area contributed by atoms with Crippen LogP contribution >= 0.6 is 0 Å². The van der Waals surface area contributed by atoms with Gasteiger partial charge in [-0.1, -0.05) is 18.2 Å². The minimum absolute atomic E-state index is 0.362. The Morgan fingerprint density at radius 3 is 2.85 bits per heavy atom. The van der Waals surface area contributed by atoms with E-state index in [-0.39, 0.29) is 0 Å². The average Bonchev–Trinajstić information content (AvgIpc) is 3.30. The van der Waals surface area contributed by atoms with E-state index in [9.17, 15) is 0 Å². The van der Waals surface area contributed by atoms with E-state index in [1.165, 1.54) is 55.5 Å². The highest BCUT2D eigenvalue weighted by Crippen LogP contribution is 2.38. The normalized spacial score (nSPS) is 32.0. The molecule has 0 amide bonds. The lowest BCUT2D eigenvalue weighted by molar-refractivity contribution is -0.00194. The van der Waals surface area contributed by atoms with Crippen LogP contribution in [-0.4, -0.2) is 71.6 Å². The van der Waals surface area contributed by atoms with Gasteiger partial charge in [-0.2, -0.15) is 0 Å². The predicted molar refractivity (Wildman–Crippen MR) is 131 cm³/mol. The number of rotatable bonds is 5. The van der Waals surface area contributed by atoms with Gasteiger partial charge in [0.05, 0.1) is 43.2 Å². The number of aromatic nitrogens is 1. The van der Waals surface area contributed by atoms with Gasteiger partial charge in [0.2, 0.25) is 0 Å². The molecule has 0 spiro atoms. The van der Waals surface area contributed by atoms with Crippen molar-refractivity contribution in [3.63, 3.8) is 0 Å². The third-order valence-electron chi connectivity index (χ3n) is 8.33. The number of ether oxygens (including phenoxy) is 1. The number of pyridine rings is 1. The van der Waals surface area contributed by atoms with Crippen molar-refractivity contribution in [2.24, 2.45) is 4.99 Å². The molecule has 0 bridgehead atoms. The van der Waals surface area contributed by atoms with Gasteiger partial charge in [-0.3, -0.25) is 14.8 Å². The SMILES string of the molecule is C1=CCC2NC(CN(C3CCC(N4CCOCC4)CC3)C3CCCc4cccnc43)=NC2=C1. The summed E-state index contributed by atoms with van der Waals surface area (Å²) in [7, 11) is 0. The number of hydrogen-bond donors (Lipinski definition) is 1. The first-order valence-electron chi connectivity index (χ1n) is 13.1. The summed E-state index contributed by atoms with van der Waals surface area (Å²) in [5.74, 6) is 1.15. The molecule has 2 fully saturated rings. The van der Waals surface area contributed by atoms with Gasteiger partial charge in [0.1, 0.15) is 5.84 Å². The van der Waals surface area contributed by atoms with Gasteiger partial charge in [0.25, 0.3) is 0 Å². The third kappa shape index (κ3) is 4.53. The van der Waals surface area contributed by atoms with Crippen LogP contribution in [0.15, 0.2) is 47.2 Å². The first-order valence-corrected chi connectivity index (χ1v) is 13.1. The Labute approximate surface area is 197 Å². The van der Waals surface area contributed by atoms with Crippen LogP contribution in [0.4, 0.5) is 0 Å². The molecule has 176 valence electrons. The lowest BCUT2D eigenvalue weighted by atomic mass is 9.85. The van der Waals surface area contributed by atoms with Crippen LogP contribution in [0.2, 0.25) is 0 Å². The summed E-state index contributed by atoms with van der Waals surface area (Å²) in [4.78, 5) is 15.4. The quantitative estimate of drug-likeness (QED) is 0.747. The van der Waals surface area contributed by atoms with Crippen molar-refractivity contribution in [2.45, 2.75) is 75.5 Å². The second kappa shape index (κ2) is 9.69. The number of aliphatic imine (C=N–C) groups is 1. The number of amidine groups is 1. The maximum atomic E-state index is 5.59. The zero-order valence-electron chi connectivity index (χ0n) is 19.7. The number of hydrogen-bond acceptors (Lipinski definition) is 6. The van der Waals surface area contributed by atoms with Crippen LogP contribution in [0.5, 0.6) is 0 Å². The van der Waals surface area contributed by atoms with E-state index in [2.05, 4.69) is 45.5 Å². The Hall–Kier alpha value is -2.02. The monoisotopic (exact) mass is 447 g/mol. The van der Waals surface area contributed by atoms with Crippen LogP contribution in [0.25, 0.3) is 0 Å². The van der Waals surface area contributed by atoms with Crippen LogP contribution in [-0.2, 0) is 11.2 Å². The fourth-order valence-corrected chi connectivity index (χ4v) is 6.61. The molecule has 2 unspecified atom stereocenters.